The molecule has 1 aromatic heterocycles. The van der Waals surface area contributed by atoms with Crippen LogP contribution in [0.3, 0.4) is 0 Å². The number of carbonyl (C=O) groups excluding carboxylic acids is 1. The predicted molar refractivity (Wildman–Crippen MR) is 77.9 cm³/mol. The summed E-state index contributed by atoms with van der Waals surface area (Å²) in [6, 6.07) is 4.46. The van der Waals surface area contributed by atoms with Crippen molar-refractivity contribution in [3.63, 3.8) is 0 Å². The van der Waals surface area contributed by atoms with Gasteiger partial charge < -0.3 is 10.3 Å². The Bertz CT molecular complexity index is 885. The Morgan fingerprint density at radius 2 is 2.05 bits per heavy atom. The van der Waals surface area contributed by atoms with Crippen molar-refractivity contribution in [2.45, 2.75) is 11.4 Å². The second-order valence-electron chi connectivity index (χ2n) is 4.44. The molecule has 0 aliphatic carbocycles. The van der Waals surface area contributed by atoms with Gasteiger partial charge in [-0.2, -0.15) is 0 Å². The van der Waals surface area contributed by atoms with Crippen molar-refractivity contribution in [1.29, 1.82) is 5.41 Å². The molecule has 0 spiro atoms. The highest BCUT2D eigenvalue weighted by atomic mass is 35.5. The number of primary amides is 1. The van der Waals surface area contributed by atoms with Crippen LogP contribution >= 0.6 is 11.6 Å². The number of nitrogens with two attached hydrogens (primary N) is 1. The van der Waals surface area contributed by atoms with Crippen molar-refractivity contribution in [2.24, 2.45) is 5.73 Å². The first-order chi connectivity index (χ1) is 10.3. The molecule has 0 saturated carbocycles. The summed E-state index contributed by atoms with van der Waals surface area (Å²) in [7, 11) is -2.93. The molecular formula is C13H11ClFN3O3S. The smallest absolute Gasteiger partial charge is 0.252 e. The molecule has 0 saturated heterocycles. The number of hydrogen-bond acceptors (Lipinski definition) is 4. The van der Waals surface area contributed by atoms with E-state index in [1.54, 1.807) is 0 Å². The van der Waals surface area contributed by atoms with Crippen LogP contribution in [0.1, 0.15) is 15.9 Å². The SMILES string of the molecule is N=c1c(C(N)=O)cc(Cl)cn1Cc1cc(F)ccc1[SH](=O)=O. The minimum atomic E-state index is -2.93. The fraction of sp³-hybridized carbons (Fsp3) is 0.0769. The van der Waals surface area contributed by atoms with Gasteiger partial charge in [0, 0.05) is 6.20 Å². The Balaban J connectivity index is 2.59. The summed E-state index contributed by atoms with van der Waals surface area (Å²) in [5.41, 5.74) is 4.95. The van der Waals surface area contributed by atoms with Crippen LogP contribution in [0.15, 0.2) is 35.4 Å². The van der Waals surface area contributed by atoms with Crippen molar-refractivity contribution in [2.75, 3.05) is 0 Å². The van der Waals surface area contributed by atoms with E-state index in [-0.39, 0.29) is 33.1 Å². The topological polar surface area (TPSA) is 106 Å². The number of nitrogens with zero attached hydrogens (tertiary/aromatic N) is 1. The Labute approximate surface area is 131 Å². The lowest BCUT2D eigenvalue weighted by molar-refractivity contribution is 0.0997. The van der Waals surface area contributed by atoms with Gasteiger partial charge in [0.2, 0.25) is 0 Å². The molecule has 6 nitrogen and oxygen atoms in total. The Morgan fingerprint density at radius 3 is 2.64 bits per heavy atom. The average molecular weight is 344 g/mol. The Hall–Kier alpha value is -2.19. The number of halogens is 2. The van der Waals surface area contributed by atoms with Crippen LogP contribution < -0.4 is 11.2 Å². The van der Waals surface area contributed by atoms with Gasteiger partial charge in [-0.05, 0) is 29.8 Å². The lowest BCUT2D eigenvalue weighted by Crippen LogP contribution is -2.30. The summed E-state index contributed by atoms with van der Waals surface area (Å²) < 4.78 is 37.0. The fourth-order valence-electron chi connectivity index (χ4n) is 1.97. The number of amides is 1. The van der Waals surface area contributed by atoms with Gasteiger partial charge in [0.05, 0.1) is 22.0 Å². The van der Waals surface area contributed by atoms with Gasteiger partial charge in [0.15, 0.2) is 10.7 Å². The van der Waals surface area contributed by atoms with Crippen LogP contribution in [0.5, 0.6) is 0 Å². The van der Waals surface area contributed by atoms with Gasteiger partial charge in [0.25, 0.3) is 5.91 Å². The second-order valence-corrected chi connectivity index (χ2v) is 5.88. The molecule has 116 valence electrons. The molecular weight excluding hydrogens is 333 g/mol. The zero-order valence-corrected chi connectivity index (χ0v) is 12.7. The maximum absolute atomic E-state index is 13.3. The van der Waals surface area contributed by atoms with E-state index in [4.69, 9.17) is 22.7 Å². The van der Waals surface area contributed by atoms with Crippen LogP contribution in [0.4, 0.5) is 4.39 Å². The molecule has 0 radical (unpaired) electrons. The van der Waals surface area contributed by atoms with Crippen molar-refractivity contribution in [1.82, 2.24) is 4.57 Å². The van der Waals surface area contributed by atoms with Crippen LogP contribution in [-0.4, -0.2) is 18.9 Å². The zero-order chi connectivity index (χ0) is 16.4. The van der Waals surface area contributed by atoms with E-state index in [0.29, 0.717) is 0 Å². The van der Waals surface area contributed by atoms with E-state index in [0.717, 1.165) is 18.2 Å². The average Bonchev–Trinajstić information content (AvgIpc) is 2.41. The molecule has 2 aromatic rings. The summed E-state index contributed by atoms with van der Waals surface area (Å²) in [5.74, 6) is -1.45. The summed E-state index contributed by atoms with van der Waals surface area (Å²) in [5, 5.41) is 8.06. The first-order valence-electron chi connectivity index (χ1n) is 5.97. The highest BCUT2D eigenvalue weighted by Crippen LogP contribution is 2.15. The number of rotatable bonds is 4. The highest BCUT2D eigenvalue weighted by molar-refractivity contribution is 7.72. The van der Waals surface area contributed by atoms with Gasteiger partial charge in [0.1, 0.15) is 11.3 Å². The van der Waals surface area contributed by atoms with Gasteiger partial charge in [-0.25, -0.2) is 12.8 Å². The highest BCUT2D eigenvalue weighted by Gasteiger charge is 2.12. The molecule has 0 aliphatic rings. The van der Waals surface area contributed by atoms with Crippen LogP contribution in [0.2, 0.25) is 5.02 Å². The monoisotopic (exact) mass is 343 g/mol. The largest absolute Gasteiger partial charge is 0.365 e. The van der Waals surface area contributed by atoms with Crippen LogP contribution in [0.25, 0.3) is 0 Å². The maximum Gasteiger partial charge on any atom is 0.252 e. The zero-order valence-electron chi connectivity index (χ0n) is 11.0. The number of aromatic nitrogens is 1. The fourth-order valence-corrected chi connectivity index (χ4v) is 2.76. The number of hydrogen-bond donors (Lipinski definition) is 3. The maximum atomic E-state index is 13.3. The number of benzene rings is 1. The summed E-state index contributed by atoms with van der Waals surface area (Å²) in [6.07, 6.45) is 1.34. The van der Waals surface area contributed by atoms with E-state index >= 15 is 0 Å². The van der Waals surface area contributed by atoms with Crippen molar-refractivity contribution >= 4 is 28.2 Å². The molecule has 0 unspecified atom stereocenters. The van der Waals surface area contributed by atoms with E-state index in [1.807, 2.05) is 0 Å². The number of pyridine rings is 1. The summed E-state index contributed by atoms with van der Waals surface area (Å²) in [6.45, 7) is -0.143. The van der Waals surface area contributed by atoms with Gasteiger partial charge in [-0.15, -0.1) is 0 Å². The number of nitrogens with one attached hydrogen (secondary N) is 1. The quantitative estimate of drug-likeness (QED) is 0.717. The third-order valence-electron chi connectivity index (χ3n) is 2.95. The van der Waals surface area contributed by atoms with E-state index in [9.17, 15) is 17.6 Å². The van der Waals surface area contributed by atoms with Gasteiger partial charge >= 0.3 is 0 Å². The second kappa shape index (κ2) is 6.29. The Morgan fingerprint density at radius 1 is 1.36 bits per heavy atom. The predicted octanol–water partition coefficient (Wildman–Crippen LogP) is 0.878. The molecule has 0 atom stereocenters. The standard InChI is InChI=1S/C13H11ClFN3O3S/c14-8-4-10(13(17)19)12(16)18(6-8)5-7-3-9(15)1-2-11(7)22(20)21/h1-4,6,16,22H,5H2,(H2,17,19). The third kappa shape index (κ3) is 3.34. The van der Waals surface area contributed by atoms with Gasteiger partial charge in [-0.1, -0.05) is 11.6 Å². The molecule has 1 amide bonds. The van der Waals surface area contributed by atoms with Crippen molar-refractivity contribution in [3.05, 3.63) is 57.9 Å². The number of thiol groups is 1. The lowest BCUT2D eigenvalue weighted by atomic mass is 10.2. The van der Waals surface area contributed by atoms with Crippen LogP contribution in [-0.2, 0) is 17.2 Å². The Kier molecular flexibility index (Phi) is 4.62. The van der Waals surface area contributed by atoms with Gasteiger partial charge in [-0.3, -0.25) is 10.2 Å². The van der Waals surface area contributed by atoms with Crippen LogP contribution in [0, 0.1) is 11.2 Å². The van der Waals surface area contributed by atoms with Crippen molar-refractivity contribution in [3.8, 4) is 0 Å². The van der Waals surface area contributed by atoms with E-state index in [1.165, 1.54) is 16.8 Å². The van der Waals surface area contributed by atoms with E-state index in [2.05, 4.69) is 0 Å². The first kappa shape index (κ1) is 16.2. The minimum Gasteiger partial charge on any atom is -0.365 e. The molecule has 1 aromatic carbocycles. The molecule has 0 aliphatic heterocycles. The molecule has 3 N–H and O–H groups in total. The molecule has 2 rings (SSSR count). The first-order valence-corrected chi connectivity index (χ1v) is 7.52. The molecule has 9 heteroatoms. The van der Waals surface area contributed by atoms with Crippen molar-refractivity contribution < 1.29 is 17.6 Å². The molecule has 0 bridgehead atoms. The minimum absolute atomic E-state index is 0.0658. The third-order valence-corrected chi connectivity index (χ3v) is 3.98. The van der Waals surface area contributed by atoms with E-state index < -0.39 is 22.4 Å². The molecule has 0 fully saturated rings. The summed E-state index contributed by atoms with van der Waals surface area (Å²) in [4.78, 5) is 11.2. The molecule has 22 heavy (non-hydrogen) atoms. The number of carbonyl (C=O) groups is 1. The molecule has 1 heterocycles. The summed E-state index contributed by atoms with van der Waals surface area (Å²) >= 11 is 5.86. The lowest BCUT2D eigenvalue weighted by Gasteiger charge is -2.11. The normalized spacial score (nSPS) is 10.9.